The Morgan fingerprint density at radius 2 is 1.86 bits per heavy atom. The van der Waals surface area contributed by atoms with E-state index in [1.165, 1.54) is 0 Å². The van der Waals surface area contributed by atoms with Crippen molar-refractivity contribution in [2.24, 2.45) is 0 Å². The molecule has 0 atom stereocenters. The summed E-state index contributed by atoms with van der Waals surface area (Å²) >= 11 is 0. The first-order valence-electron chi connectivity index (χ1n) is 7.45. The first kappa shape index (κ1) is 15.8. The Hall–Kier alpha value is -1.55. The molecule has 1 saturated carbocycles. The van der Waals surface area contributed by atoms with Crippen LogP contribution in [0.4, 0.5) is 0 Å². The Morgan fingerprint density at radius 1 is 1.24 bits per heavy atom. The Bertz CT molecular complexity index is 472. The van der Waals surface area contributed by atoms with Gasteiger partial charge in [-0.05, 0) is 51.3 Å². The summed E-state index contributed by atoms with van der Waals surface area (Å²) in [5.74, 6) is 0.905. The fourth-order valence-corrected chi connectivity index (χ4v) is 2.10. The summed E-state index contributed by atoms with van der Waals surface area (Å²) in [7, 11) is 1.65. The highest BCUT2D eigenvalue weighted by molar-refractivity contribution is 5.78. The molecule has 2 rings (SSSR count). The predicted molar refractivity (Wildman–Crippen MR) is 82.3 cm³/mol. The zero-order valence-corrected chi connectivity index (χ0v) is 13.4. The van der Waals surface area contributed by atoms with Gasteiger partial charge in [-0.2, -0.15) is 0 Å². The number of rotatable bonds is 6. The van der Waals surface area contributed by atoms with E-state index in [9.17, 15) is 4.79 Å². The summed E-state index contributed by atoms with van der Waals surface area (Å²) in [4.78, 5) is 14.3. The van der Waals surface area contributed by atoms with E-state index in [2.05, 4.69) is 0 Å². The summed E-state index contributed by atoms with van der Waals surface area (Å²) in [5.41, 5.74) is 0.831. The van der Waals surface area contributed by atoms with Crippen LogP contribution in [0.5, 0.6) is 5.75 Å². The quantitative estimate of drug-likeness (QED) is 0.808. The molecule has 0 saturated heterocycles. The van der Waals surface area contributed by atoms with Crippen molar-refractivity contribution in [1.29, 1.82) is 0 Å². The topological polar surface area (TPSA) is 38.8 Å². The van der Waals surface area contributed by atoms with Gasteiger partial charge in [0.1, 0.15) is 12.4 Å². The first-order valence-corrected chi connectivity index (χ1v) is 7.45. The molecule has 1 aromatic rings. The standard InChI is InChI=1S/C17H25NO3/c1-17(2,3)21-12-16(19)18(14-7-8-14)11-13-5-9-15(20-4)10-6-13/h5-6,9-10,14H,7-8,11-12H2,1-4H3. The van der Waals surface area contributed by atoms with E-state index in [1.807, 2.05) is 49.9 Å². The fourth-order valence-electron chi connectivity index (χ4n) is 2.10. The van der Waals surface area contributed by atoms with Gasteiger partial charge >= 0.3 is 0 Å². The number of nitrogens with zero attached hydrogens (tertiary/aromatic N) is 1. The molecule has 1 aliphatic rings. The third kappa shape index (κ3) is 5.05. The van der Waals surface area contributed by atoms with Crippen LogP contribution in [-0.2, 0) is 16.1 Å². The van der Waals surface area contributed by atoms with E-state index in [0.29, 0.717) is 12.6 Å². The summed E-state index contributed by atoms with van der Waals surface area (Å²) < 4.78 is 10.8. The third-order valence-electron chi connectivity index (χ3n) is 3.45. The lowest BCUT2D eigenvalue weighted by atomic mass is 10.2. The zero-order valence-electron chi connectivity index (χ0n) is 13.4. The van der Waals surface area contributed by atoms with E-state index in [4.69, 9.17) is 9.47 Å². The normalized spacial score (nSPS) is 14.9. The minimum absolute atomic E-state index is 0.0724. The summed E-state index contributed by atoms with van der Waals surface area (Å²) in [6.07, 6.45) is 2.19. The van der Waals surface area contributed by atoms with Crippen LogP contribution < -0.4 is 4.74 Å². The molecule has 4 nitrogen and oxygen atoms in total. The molecule has 0 bridgehead atoms. The smallest absolute Gasteiger partial charge is 0.249 e. The third-order valence-corrected chi connectivity index (χ3v) is 3.45. The number of carbonyl (C=O) groups excluding carboxylic acids is 1. The number of hydrogen-bond acceptors (Lipinski definition) is 3. The van der Waals surface area contributed by atoms with Crippen LogP contribution in [0.1, 0.15) is 39.2 Å². The van der Waals surface area contributed by atoms with Gasteiger partial charge in [0.25, 0.3) is 0 Å². The van der Waals surface area contributed by atoms with Crippen LogP contribution >= 0.6 is 0 Å². The van der Waals surface area contributed by atoms with Crippen molar-refractivity contribution in [3.05, 3.63) is 29.8 Å². The van der Waals surface area contributed by atoms with Gasteiger partial charge < -0.3 is 14.4 Å². The van der Waals surface area contributed by atoms with Crippen molar-refractivity contribution in [1.82, 2.24) is 4.90 Å². The average Bonchev–Trinajstić information content (AvgIpc) is 3.26. The van der Waals surface area contributed by atoms with E-state index in [-0.39, 0.29) is 18.1 Å². The molecule has 0 N–H and O–H groups in total. The Kier molecular flexibility index (Phi) is 4.88. The monoisotopic (exact) mass is 291 g/mol. The zero-order chi connectivity index (χ0) is 15.5. The Labute approximate surface area is 127 Å². The van der Waals surface area contributed by atoms with Crippen LogP contribution in [0.2, 0.25) is 0 Å². The minimum atomic E-state index is -0.287. The largest absolute Gasteiger partial charge is 0.497 e. The van der Waals surface area contributed by atoms with Gasteiger partial charge in [-0.1, -0.05) is 12.1 Å². The van der Waals surface area contributed by atoms with Crippen LogP contribution in [0.3, 0.4) is 0 Å². The second kappa shape index (κ2) is 6.48. The SMILES string of the molecule is COc1ccc(CN(C(=O)COC(C)(C)C)C2CC2)cc1. The summed E-state index contributed by atoms with van der Waals surface area (Å²) in [6, 6.07) is 8.24. The van der Waals surface area contributed by atoms with Crippen LogP contribution in [0.25, 0.3) is 0 Å². The molecule has 0 aromatic heterocycles. The lowest BCUT2D eigenvalue weighted by Crippen LogP contribution is -2.37. The van der Waals surface area contributed by atoms with Gasteiger partial charge in [0.2, 0.25) is 5.91 Å². The number of methoxy groups -OCH3 is 1. The molecule has 116 valence electrons. The van der Waals surface area contributed by atoms with Crippen molar-refractivity contribution in [2.75, 3.05) is 13.7 Å². The van der Waals surface area contributed by atoms with Gasteiger partial charge in [-0.15, -0.1) is 0 Å². The maximum Gasteiger partial charge on any atom is 0.249 e. The summed E-state index contributed by atoms with van der Waals surface area (Å²) in [6.45, 7) is 6.68. The van der Waals surface area contributed by atoms with E-state index in [1.54, 1.807) is 7.11 Å². The van der Waals surface area contributed by atoms with Gasteiger partial charge in [0, 0.05) is 12.6 Å². The molecule has 1 aliphatic carbocycles. The maximum absolute atomic E-state index is 12.4. The lowest BCUT2D eigenvalue weighted by Gasteiger charge is -2.25. The highest BCUT2D eigenvalue weighted by atomic mass is 16.5. The molecule has 0 aliphatic heterocycles. The number of carbonyl (C=O) groups is 1. The van der Waals surface area contributed by atoms with Crippen molar-refractivity contribution < 1.29 is 14.3 Å². The molecule has 1 aromatic carbocycles. The predicted octanol–water partition coefficient (Wildman–Crippen LogP) is 3.00. The van der Waals surface area contributed by atoms with Crippen LogP contribution in [0.15, 0.2) is 24.3 Å². The average molecular weight is 291 g/mol. The number of amides is 1. The second-order valence-electron chi connectivity index (χ2n) is 6.50. The number of ether oxygens (including phenoxy) is 2. The van der Waals surface area contributed by atoms with E-state index >= 15 is 0 Å². The Morgan fingerprint density at radius 3 is 2.33 bits per heavy atom. The van der Waals surface area contributed by atoms with Crippen LogP contribution in [0, 0.1) is 0 Å². The minimum Gasteiger partial charge on any atom is -0.497 e. The first-order chi connectivity index (χ1) is 9.89. The molecule has 0 heterocycles. The molecule has 0 unspecified atom stereocenters. The molecule has 4 heteroatoms. The molecular weight excluding hydrogens is 266 g/mol. The van der Waals surface area contributed by atoms with Crippen molar-refractivity contribution >= 4 is 5.91 Å². The molecule has 0 radical (unpaired) electrons. The van der Waals surface area contributed by atoms with Crippen molar-refractivity contribution in [2.45, 2.75) is 51.8 Å². The van der Waals surface area contributed by atoms with Crippen molar-refractivity contribution in [3.8, 4) is 5.75 Å². The highest BCUT2D eigenvalue weighted by Gasteiger charge is 2.32. The molecular formula is C17H25NO3. The van der Waals surface area contributed by atoms with E-state index in [0.717, 1.165) is 24.2 Å². The highest BCUT2D eigenvalue weighted by Crippen LogP contribution is 2.29. The van der Waals surface area contributed by atoms with Crippen LogP contribution in [-0.4, -0.2) is 36.2 Å². The second-order valence-corrected chi connectivity index (χ2v) is 6.50. The molecule has 21 heavy (non-hydrogen) atoms. The summed E-state index contributed by atoms with van der Waals surface area (Å²) in [5, 5.41) is 0. The van der Waals surface area contributed by atoms with Crippen molar-refractivity contribution in [3.63, 3.8) is 0 Å². The van der Waals surface area contributed by atoms with Gasteiger partial charge in [-0.3, -0.25) is 4.79 Å². The number of hydrogen-bond donors (Lipinski definition) is 0. The van der Waals surface area contributed by atoms with Gasteiger partial charge in [-0.25, -0.2) is 0 Å². The molecule has 1 fully saturated rings. The van der Waals surface area contributed by atoms with E-state index < -0.39 is 0 Å². The fraction of sp³-hybridized carbons (Fsp3) is 0.588. The molecule has 0 spiro atoms. The lowest BCUT2D eigenvalue weighted by molar-refractivity contribution is -0.142. The number of benzene rings is 1. The Balaban J connectivity index is 1.96. The maximum atomic E-state index is 12.4. The van der Waals surface area contributed by atoms with Gasteiger partial charge in [0.15, 0.2) is 0 Å². The molecule has 1 amide bonds. The van der Waals surface area contributed by atoms with Gasteiger partial charge in [0.05, 0.1) is 12.7 Å².